The first-order valence-electron chi connectivity index (χ1n) is 8.13. The fourth-order valence-electron chi connectivity index (χ4n) is 3.57. The average molecular weight is 354 g/mol. The normalized spacial score (nSPS) is 22.2. The van der Waals surface area contributed by atoms with Gasteiger partial charge in [-0.1, -0.05) is 0 Å². The molecule has 1 atom stereocenters. The van der Waals surface area contributed by atoms with Crippen LogP contribution in [0.3, 0.4) is 0 Å². The molecule has 2 saturated heterocycles. The third kappa shape index (κ3) is 3.24. The highest BCUT2D eigenvalue weighted by atomic mass is 32.2. The smallest absolute Gasteiger partial charge is 0.293 e. The fraction of sp³-hybridized carbons (Fsp3) is 0.600. The van der Waals surface area contributed by atoms with Crippen LogP contribution in [-0.2, 0) is 10.0 Å². The van der Waals surface area contributed by atoms with Crippen molar-refractivity contribution >= 4 is 21.4 Å². The number of hydrogen-bond donors (Lipinski definition) is 1. The number of rotatable bonds is 5. The van der Waals surface area contributed by atoms with Crippen molar-refractivity contribution in [3.8, 4) is 0 Å². The summed E-state index contributed by atoms with van der Waals surface area (Å²) in [6.07, 6.45) is 3.41. The van der Waals surface area contributed by atoms with Crippen LogP contribution in [-0.4, -0.2) is 57.5 Å². The van der Waals surface area contributed by atoms with Gasteiger partial charge in [-0.2, -0.15) is 0 Å². The van der Waals surface area contributed by atoms with Gasteiger partial charge in [0, 0.05) is 25.2 Å². The second kappa shape index (κ2) is 6.66. The van der Waals surface area contributed by atoms with Crippen LogP contribution in [0.15, 0.2) is 23.1 Å². The molecule has 8 nitrogen and oxygen atoms in total. The van der Waals surface area contributed by atoms with Crippen molar-refractivity contribution in [3.63, 3.8) is 0 Å². The zero-order valence-electron chi connectivity index (χ0n) is 13.6. The second-order valence-electron chi connectivity index (χ2n) is 6.25. The van der Waals surface area contributed by atoms with Gasteiger partial charge in [0.15, 0.2) is 0 Å². The number of hydrogen-bond acceptors (Lipinski definition) is 6. The zero-order valence-corrected chi connectivity index (χ0v) is 14.5. The van der Waals surface area contributed by atoms with E-state index in [1.807, 2.05) is 4.90 Å². The van der Waals surface area contributed by atoms with Crippen molar-refractivity contribution in [2.75, 3.05) is 38.1 Å². The van der Waals surface area contributed by atoms with Gasteiger partial charge in [-0.15, -0.1) is 0 Å². The molecule has 0 saturated carbocycles. The lowest BCUT2D eigenvalue weighted by Crippen LogP contribution is -2.35. The molecule has 0 radical (unpaired) electrons. The van der Waals surface area contributed by atoms with Crippen molar-refractivity contribution in [3.05, 3.63) is 28.3 Å². The molecule has 0 bridgehead atoms. The Balaban J connectivity index is 1.86. The van der Waals surface area contributed by atoms with E-state index in [9.17, 15) is 18.5 Å². The molecule has 0 aromatic heterocycles. The van der Waals surface area contributed by atoms with Crippen LogP contribution < -0.4 is 9.62 Å². The number of nitrogens with zero attached hydrogens (tertiary/aromatic N) is 3. The third-order valence-corrected chi connectivity index (χ3v) is 6.30. The molecule has 132 valence electrons. The SMILES string of the molecule is CNS(=O)(=O)c1ccc(N2CCC(N3CCCC3)C2)c([N+](=O)[O-])c1. The summed E-state index contributed by atoms with van der Waals surface area (Å²) in [6, 6.07) is 4.55. The van der Waals surface area contributed by atoms with Gasteiger partial charge in [0.2, 0.25) is 10.0 Å². The molecule has 9 heteroatoms. The molecular formula is C15H22N4O4S. The van der Waals surface area contributed by atoms with Gasteiger partial charge in [0.25, 0.3) is 5.69 Å². The summed E-state index contributed by atoms with van der Waals surface area (Å²) >= 11 is 0. The molecule has 0 amide bonds. The standard InChI is InChI=1S/C15H22N4O4S/c1-16-24(22,23)13-4-5-14(15(10-13)19(20)21)18-9-6-12(11-18)17-7-2-3-8-17/h4-5,10,12,16H,2-3,6-9,11H2,1H3. The van der Waals surface area contributed by atoms with Gasteiger partial charge >= 0.3 is 0 Å². The van der Waals surface area contributed by atoms with Crippen LogP contribution in [0.25, 0.3) is 0 Å². The van der Waals surface area contributed by atoms with E-state index in [1.54, 1.807) is 6.07 Å². The predicted molar refractivity (Wildman–Crippen MR) is 90.8 cm³/mol. The van der Waals surface area contributed by atoms with Crippen LogP contribution in [0.2, 0.25) is 0 Å². The van der Waals surface area contributed by atoms with Gasteiger partial charge in [-0.25, -0.2) is 13.1 Å². The Morgan fingerprint density at radius 3 is 2.58 bits per heavy atom. The quantitative estimate of drug-likeness (QED) is 0.630. The van der Waals surface area contributed by atoms with Gasteiger partial charge in [-0.3, -0.25) is 15.0 Å². The summed E-state index contributed by atoms with van der Waals surface area (Å²) in [4.78, 5) is 15.3. The van der Waals surface area contributed by atoms with Crippen LogP contribution in [0, 0.1) is 10.1 Å². The van der Waals surface area contributed by atoms with Crippen molar-refractivity contribution in [1.82, 2.24) is 9.62 Å². The number of nitro groups is 1. The van der Waals surface area contributed by atoms with Gasteiger partial charge in [-0.05, 0) is 51.5 Å². The second-order valence-corrected chi connectivity index (χ2v) is 8.13. The Hall–Kier alpha value is -1.71. The van der Waals surface area contributed by atoms with Crippen LogP contribution >= 0.6 is 0 Å². The topological polar surface area (TPSA) is 95.8 Å². The molecule has 2 heterocycles. The number of nitro benzene ring substituents is 1. The molecule has 2 fully saturated rings. The van der Waals surface area contributed by atoms with Crippen molar-refractivity contribution in [2.45, 2.75) is 30.2 Å². The zero-order chi connectivity index (χ0) is 17.3. The molecule has 0 spiro atoms. The molecular weight excluding hydrogens is 332 g/mol. The summed E-state index contributed by atoms with van der Waals surface area (Å²) in [5, 5.41) is 11.4. The van der Waals surface area contributed by atoms with Gasteiger partial charge < -0.3 is 4.90 Å². The Kier molecular flexibility index (Phi) is 4.75. The molecule has 1 aromatic rings. The Bertz CT molecular complexity index is 731. The minimum atomic E-state index is -3.70. The third-order valence-electron chi connectivity index (χ3n) is 4.88. The van der Waals surface area contributed by atoms with Crippen LogP contribution in [0.1, 0.15) is 19.3 Å². The molecule has 1 unspecified atom stereocenters. The van der Waals surface area contributed by atoms with E-state index in [-0.39, 0.29) is 10.6 Å². The number of sulfonamides is 1. The predicted octanol–water partition coefficient (Wildman–Crippen LogP) is 1.18. The summed E-state index contributed by atoms with van der Waals surface area (Å²) in [7, 11) is -2.41. The maximum atomic E-state index is 11.9. The monoisotopic (exact) mass is 354 g/mol. The first-order valence-corrected chi connectivity index (χ1v) is 9.61. The van der Waals surface area contributed by atoms with E-state index < -0.39 is 14.9 Å². The molecule has 24 heavy (non-hydrogen) atoms. The largest absolute Gasteiger partial charge is 0.364 e. The molecule has 1 N–H and O–H groups in total. The van der Waals surface area contributed by atoms with Crippen LogP contribution in [0.4, 0.5) is 11.4 Å². The first-order chi connectivity index (χ1) is 11.4. The molecule has 2 aliphatic heterocycles. The average Bonchev–Trinajstić information content (AvgIpc) is 3.25. The Morgan fingerprint density at radius 1 is 1.25 bits per heavy atom. The molecule has 1 aromatic carbocycles. The van der Waals surface area contributed by atoms with E-state index in [0.717, 1.165) is 38.7 Å². The number of benzene rings is 1. The molecule has 0 aliphatic carbocycles. The van der Waals surface area contributed by atoms with Crippen molar-refractivity contribution < 1.29 is 13.3 Å². The lowest BCUT2D eigenvalue weighted by molar-refractivity contribution is -0.384. The highest BCUT2D eigenvalue weighted by Gasteiger charge is 2.32. The van der Waals surface area contributed by atoms with E-state index in [2.05, 4.69) is 9.62 Å². The van der Waals surface area contributed by atoms with E-state index in [4.69, 9.17) is 0 Å². The van der Waals surface area contributed by atoms with Crippen molar-refractivity contribution in [1.29, 1.82) is 0 Å². The maximum absolute atomic E-state index is 11.9. The number of likely N-dealkylation sites (tertiary alicyclic amines) is 1. The summed E-state index contributed by atoms with van der Waals surface area (Å²) in [6.45, 7) is 3.69. The lowest BCUT2D eigenvalue weighted by Gasteiger charge is -2.24. The lowest BCUT2D eigenvalue weighted by atomic mass is 10.2. The molecule has 2 aliphatic rings. The first kappa shape index (κ1) is 17.1. The minimum Gasteiger partial charge on any atom is -0.364 e. The van der Waals surface area contributed by atoms with E-state index in [1.165, 1.54) is 26.0 Å². The van der Waals surface area contributed by atoms with E-state index >= 15 is 0 Å². The number of anilines is 1. The van der Waals surface area contributed by atoms with Gasteiger partial charge in [0.05, 0.1) is 9.82 Å². The minimum absolute atomic E-state index is 0.0873. The van der Waals surface area contributed by atoms with Gasteiger partial charge in [0.1, 0.15) is 5.69 Å². The number of nitrogens with one attached hydrogen (secondary N) is 1. The van der Waals surface area contributed by atoms with E-state index in [0.29, 0.717) is 11.7 Å². The summed E-state index contributed by atoms with van der Waals surface area (Å²) in [5.41, 5.74) is 0.338. The highest BCUT2D eigenvalue weighted by Crippen LogP contribution is 2.34. The fourth-order valence-corrected chi connectivity index (χ4v) is 4.32. The summed E-state index contributed by atoms with van der Waals surface area (Å²) in [5.74, 6) is 0. The Morgan fingerprint density at radius 2 is 1.96 bits per heavy atom. The highest BCUT2D eigenvalue weighted by molar-refractivity contribution is 7.89. The maximum Gasteiger partial charge on any atom is 0.293 e. The van der Waals surface area contributed by atoms with Crippen LogP contribution in [0.5, 0.6) is 0 Å². The Labute approximate surface area is 141 Å². The summed E-state index contributed by atoms with van der Waals surface area (Å²) < 4.78 is 25.9. The van der Waals surface area contributed by atoms with Crippen molar-refractivity contribution in [2.24, 2.45) is 0 Å². The molecule has 3 rings (SSSR count).